The van der Waals surface area contributed by atoms with Gasteiger partial charge < -0.3 is 15.3 Å². The Bertz CT molecular complexity index is 453. The fraction of sp³-hybridized carbons (Fsp3) is 0.812. The third-order valence-electron chi connectivity index (χ3n) is 4.36. The van der Waals surface area contributed by atoms with E-state index in [4.69, 9.17) is 0 Å². The van der Waals surface area contributed by atoms with Gasteiger partial charge in [0, 0.05) is 44.9 Å². The first-order chi connectivity index (χ1) is 10.0. The molecule has 0 radical (unpaired) electrons. The molecule has 1 fully saturated rings. The number of piperidine rings is 1. The Kier molecular flexibility index (Phi) is 5.65. The highest BCUT2D eigenvalue weighted by Gasteiger charge is 2.25. The quantitative estimate of drug-likeness (QED) is 0.840. The summed E-state index contributed by atoms with van der Waals surface area (Å²) in [5, 5.41) is 17.3. The fourth-order valence-corrected chi connectivity index (χ4v) is 3.27. The van der Waals surface area contributed by atoms with Gasteiger partial charge in [0.15, 0.2) is 0 Å². The number of hydrogen-bond donors (Lipinski definition) is 2. The summed E-state index contributed by atoms with van der Waals surface area (Å²) < 4.78 is 2.02. The van der Waals surface area contributed by atoms with Crippen molar-refractivity contribution in [1.29, 1.82) is 0 Å². The largest absolute Gasteiger partial charge is 0.396 e. The van der Waals surface area contributed by atoms with E-state index in [1.165, 1.54) is 24.2 Å². The molecule has 0 spiro atoms. The maximum Gasteiger partial charge on any atom is 0.131 e. The van der Waals surface area contributed by atoms with Crippen LogP contribution in [0.3, 0.4) is 0 Å². The number of aromatic nitrogens is 2. The Hall–Kier alpha value is -1.07. The number of aryl methyl sites for hydroxylation is 2. The smallest absolute Gasteiger partial charge is 0.131 e. The van der Waals surface area contributed by atoms with Crippen molar-refractivity contribution in [1.82, 2.24) is 15.1 Å². The molecule has 0 amide bonds. The van der Waals surface area contributed by atoms with Crippen LogP contribution in [-0.2, 0) is 13.6 Å². The molecule has 1 atom stereocenters. The summed E-state index contributed by atoms with van der Waals surface area (Å²) >= 11 is 0. The molecule has 1 aromatic rings. The molecular weight excluding hydrogens is 264 g/mol. The lowest BCUT2D eigenvalue weighted by molar-refractivity contribution is 0.244. The second-order valence-corrected chi connectivity index (χ2v) is 6.51. The van der Waals surface area contributed by atoms with Crippen molar-refractivity contribution in [3.63, 3.8) is 0 Å². The van der Waals surface area contributed by atoms with Crippen LogP contribution in [0.25, 0.3) is 0 Å². The van der Waals surface area contributed by atoms with Crippen molar-refractivity contribution in [3.8, 4) is 0 Å². The van der Waals surface area contributed by atoms with Crippen LogP contribution < -0.4 is 10.2 Å². The highest BCUT2D eigenvalue weighted by Crippen LogP contribution is 2.29. The van der Waals surface area contributed by atoms with E-state index in [9.17, 15) is 5.11 Å². The van der Waals surface area contributed by atoms with Gasteiger partial charge in [-0.05, 0) is 32.1 Å². The summed E-state index contributed by atoms with van der Waals surface area (Å²) in [7, 11) is 2.04. The van der Waals surface area contributed by atoms with Crippen LogP contribution in [0.15, 0.2) is 0 Å². The molecule has 0 aliphatic carbocycles. The Morgan fingerprint density at radius 2 is 2.19 bits per heavy atom. The number of nitrogens with zero attached hydrogens (tertiary/aromatic N) is 3. The zero-order chi connectivity index (χ0) is 15.4. The van der Waals surface area contributed by atoms with Crippen LogP contribution in [0, 0.1) is 12.8 Å². The van der Waals surface area contributed by atoms with Crippen molar-refractivity contribution in [3.05, 3.63) is 11.3 Å². The number of aliphatic hydroxyl groups is 1. The SMILES string of the molecule is Cc1nn(C)c(N2CCCC(CCO)C2)c1CNC(C)C. The maximum atomic E-state index is 9.19. The van der Waals surface area contributed by atoms with Gasteiger partial charge in [0.2, 0.25) is 0 Å². The van der Waals surface area contributed by atoms with Crippen molar-refractivity contribution in [2.24, 2.45) is 13.0 Å². The van der Waals surface area contributed by atoms with Gasteiger partial charge in [-0.1, -0.05) is 13.8 Å². The summed E-state index contributed by atoms with van der Waals surface area (Å²) in [6.45, 7) is 9.73. The molecule has 0 bridgehead atoms. The summed E-state index contributed by atoms with van der Waals surface area (Å²) in [4.78, 5) is 2.46. The lowest BCUT2D eigenvalue weighted by Gasteiger charge is -2.34. The topological polar surface area (TPSA) is 53.3 Å². The average Bonchev–Trinajstić information content (AvgIpc) is 2.71. The first-order valence-electron chi connectivity index (χ1n) is 8.14. The molecule has 5 heteroatoms. The molecule has 1 unspecified atom stereocenters. The van der Waals surface area contributed by atoms with Crippen molar-refractivity contribution in [2.45, 2.75) is 52.6 Å². The minimum atomic E-state index is 0.296. The second-order valence-electron chi connectivity index (χ2n) is 6.51. The van der Waals surface area contributed by atoms with E-state index < -0.39 is 0 Å². The number of anilines is 1. The predicted octanol–water partition coefficient (Wildman–Crippen LogP) is 1.83. The van der Waals surface area contributed by atoms with Gasteiger partial charge in [0.05, 0.1) is 5.69 Å². The number of nitrogens with one attached hydrogen (secondary N) is 1. The van der Waals surface area contributed by atoms with Gasteiger partial charge in [0.25, 0.3) is 0 Å². The molecule has 2 N–H and O–H groups in total. The average molecular weight is 294 g/mol. The standard InChI is InChI=1S/C16H30N4O/c1-12(2)17-10-15-13(3)18-19(4)16(15)20-8-5-6-14(11-20)7-9-21/h12,14,17,21H,5-11H2,1-4H3. The van der Waals surface area contributed by atoms with Crippen LogP contribution >= 0.6 is 0 Å². The van der Waals surface area contributed by atoms with Crippen LogP contribution in [0.5, 0.6) is 0 Å². The Morgan fingerprint density at radius 3 is 2.86 bits per heavy atom. The van der Waals surface area contributed by atoms with Crippen molar-refractivity contribution < 1.29 is 5.11 Å². The van der Waals surface area contributed by atoms with Gasteiger partial charge in [0.1, 0.15) is 5.82 Å². The highest BCUT2D eigenvalue weighted by atomic mass is 16.3. The summed E-state index contributed by atoms with van der Waals surface area (Å²) in [5.41, 5.74) is 2.43. The Balaban J connectivity index is 2.17. The maximum absolute atomic E-state index is 9.19. The van der Waals surface area contributed by atoms with E-state index in [1.54, 1.807) is 0 Å². The molecule has 5 nitrogen and oxygen atoms in total. The molecular formula is C16H30N4O. The molecule has 0 aromatic carbocycles. The van der Waals surface area contributed by atoms with Crippen LogP contribution in [0.1, 0.15) is 44.4 Å². The molecule has 2 rings (SSSR count). The third kappa shape index (κ3) is 3.98. The lowest BCUT2D eigenvalue weighted by atomic mass is 9.95. The van der Waals surface area contributed by atoms with E-state index in [0.717, 1.165) is 31.7 Å². The van der Waals surface area contributed by atoms with Crippen molar-refractivity contribution in [2.75, 3.05) is 24.6 Å². The summed E-state index contributed by atoms with van der Waals surface area (Å²) in [5.74, 6) is 1.85. The fourth-order valence-electron chi connectivity index (χ4n) is 3.27. The predicted molar refractivity (Wildman–Crippen MR) is 86.6 cm³/mol. The van der Waals surface area contributed by atoms with E-state index >= 15 is 0 Å². The Labute approximate surface area is 128 Å². The molecule has 21 heavy (non-hydrogen) atoms. The van der Waals surface area contributed by atoms with Gasteiger partial charge in [-0.15, -0.1) is 0 Å². The van der Waals surface area contributed by atoms with E-state index in [0.29, 0.717) is 18.6 Å². The first kappa shape index (κ1) is 16.3. The molecule has 1 aliphatic rings. The Morgan fingerprint density at radius 1 is 1.43 bits per heavy atom. The summed E-state index contributed by atoms with van der Waals surface area (Å²) in [6.07, 6.45) is 3.34. The van der Waals surface area contributed by atoms with E-state index in [2.05, 4.69) is 36.1 Å². The van der Waals surface area contributed by atoms with Gasteiger partial charge in [-0.25, -0.2) is 0 Å². The zero-order valence-electron chi connectivity index (χ0n) is 13.9. The van der Waals surface area contributed by atoms with Gasteiger partial charge in [-0.3, -0.25) is 4.68 Å². The molecule has 2 heterocycles. The molecule has 1 saturated heterocycles. The molecule has 1 aromatic heterocycles. The van der Waals surface area contributed by atoms with Crippen LogP contribution in [0.4, 0.5) is 5.82 Å². The van der Waals surface area contributed by atoms with E-state index in [-0.39, 0.29) is 0 Å². The highest BCUT2D eigenvalue weighted by molar-refractivity contribution is 5.50. The minimum Gasteiger partial charge on any atom is -0.396 e. The van der Waals surface area contributed by atoms with Crippen LogP contribution in [0.2, 0.25) is 0 Å². The first-order valence-corrected chi connectivity index (χ1v) is 8.14. The number of hydrogen-bond acceptors (Lipinski definition) is 4. The molecule has 120 valence electrons. The molecule has 0 saturated carbocycles. The molecule has 1 aliphatic heterocycles. The normalized spacial score (nSPS) is 19.5. The van der Waals surface area contributed by atoms with Gasteiger partial charge in [-0.2, -0.15) is 5.10 Å². The van der Waals surface area contributed by atoms with Gasteiger partial charge >= 0.3 is 0 Å². The van der Waals surface area contributed by atoms with Crippen LogP contribution in [-0.4, -0.2) is 40.6 Å². The van der Waals surface area contributed by atoms with Crippen molar-refractivity contribution >= 4 is 5.82 Å². The zero-order valence-corrected chi connectivity index (χ0v) is 13.9. The lowest BCUT2D eigenvalue weighted by Crippen LogP contribution is -2.38. The second kappa shape index (κ2) is 7.27. The number of rotatable bonds is 6. The number of aliphatic hydroxyl groups excluding tert-OH is 1. The minimum absolute atomic E-state index is 0.296. The monoisotopic (exact) mass is 294 g/mol. The summed E-state index contributed by atoms with van der Waals surface area (Å²) in [6, 6.07) is 0.473. The third-order valence-corrected chi connectivity index (χ3v) is 4.36. The van der Waals surface area contributed by atoms with E-state index in [1.807, 2.05) is 11.7 Å².